The average molecular weight is 1280 g/mol. The predicted molar refractivity (Wildman–Crippen MR) is 403 cm³/mol. The van der Waals surface area contributed by atoms with E-state index < -0.39 is 12.1 Å². The third-order valence-corrected chi connectivity index (χ3v) is 20.0. The summed E-state index contributed by atoms with van der Waals surface area (Å²) in [6.45, 7) is 5.01. The SMILES string of the molecule is CCCCCCCCCCCCCCCCCCCCCCCCCCC(O)C(CO)NC(=O)CCCCCCCCCCCCCCCCC/C=C\C/C=C\CCCCCCCCCCCOC(=O)CCCCCCCCCCCCCCCCCCCCC. The van der Waals surface area contributed by atoms with Gasteiger partial charge in [0.25, 0.3) is 0 Å². The quantitative estimate of drug-likeness (QED) is 0.0320. The number of esters is 1. The van der Waals surface area contributed by atoms with E-state index in [0.29, 0.717) is 25.9 Å². The lowest BCUT2D eigenvalue weighted by atomic mass is 10.0. The van der Waals surface area contributed by atoms with Crippen LogP contribution in [0.1, 0.15) is 483 Å². The van der Waals surface area contributed by atoms with Crippen molar-refractivity contribution in [2.24, 2.45) is 0 Å². The Bertz CT molecular complexity index is 1430. The van der Waals surface area contributed by atoms with Crippen molar-refractivity contribution in [2.45, 2.75) is 495 Å². The molecule has 0 aliphatic rings. The van der Waals surface area contributed by atoms with E-state index in [-0.39, 0.29) is 18.5 Å². The minimum Gasteiger partial charge on any atom is -0.466 e. The van der Waals surface area contributed by atoms with Crippen molar-refractivity contribution in [3.05, 3.63) is 24.3 Å². The first kappa shape index (κ1) is 89.3. The number of amides is 1. The summed E-state index contributed by atoms with van der Waals surface area (Å²) in [6, 6.07) is -0.543. The Morgan fingerprint density at radius 3 is 0.835 bits per heavy atom. The van der Waals surface area contributed by atoms with Crippen molar-refractivity contribution in [1.82, 2.24) is 5.32 Å². The molecule has 0 heterocycles. The molecule has 3 N–H and O–H groups in total. The monoisotopic (exact) mass is 1280 g/mol. The van der Waals surface area contributed by atoms with Gasteiger partial charge in [0.2, 0.25) is 5.91 Å². The molecule has 0 aromatic heterocycles. The lowest BCUT2D eigenvalue weighted by molar-refractivity contribution is -0.143. The fraction of sp³-hybridized carbons (Fsp3) is 0.929. The maximum atomic E-state index is 12.6. The van der Waals surface area contributed by atoms with Crippen molar-refractivity contribution in [3.8, 4) is 0 Å². The number of unbranched alkanes of at least 4 members (excludes halogenated alkanes) is 65. The molecule has 0 bridgehead atoms. The van der Waals surface area contributed by atoms with Crippen LogP contribution in [0.4, 0.5) is 0 Å². The molecule has 0 saturated carbocycles. The average Bonchev–Trinajstić information content (AvgIpc) is 3.60. The number of ether oxygens (including phenoxy) is 1. The molecule has 2 unspecified atom stereocenters. The van der Waals surface area contributed by atoms with Gasteiger partial charge >= 0.3 is 5.97 Å². The van der Waals surface area contributed by atoms with Crippen LogP contribution in [0, 0.1) is 0 Å². The van der Waals surface area contributed by atoms with E-state index in [2.05, 4.69) is 43.5 Å². The highest BCUT2D eigenvalue weighted by molar-refractivity contribution is 5.76. The minimum atomic E-state index is -0.666. The molecule has 0 fully saturated rings. The van der Waals surface area contributed by atoms with E-state index >= 15 is 0 Å². The normalized spacial score (nSPS) is 12.5. The van der Waals surface area contributed by atoms with Gasteiger partial charge in [-0.15, -0.1) is 0 Å². The first-order valence-electron chi connectivity index (χ1n) is 42.1. The molecule has 0 saturated heterocycles. The largest absolute Gasteiger partial charge is 0.466 e. The van der Waals surface area contributed by atoms with Crippen molar-refractivity contribution in [1.29, 1.82) is 0 Å². The summed E-state index contributed by atoms with van der Waals surface area (Å²) in [5.41, 5.74) is 0. The standard InChI is InChI=1S/C85H165NO5/c1-3-5-7-9-11-13-15-17-19-21-23-24-25-35-38-42-45-49-53-57-61-65-69-73-77-83(88)82(81-87)86-84(89)78-74-70-66-62-58-54-50-46-43-39-36-33-31-29-27-26-28-30-32-34-37-40-44-48-52-56-60-64-68-72-76-80-91-85(90)79-75-71-67-63-59-55-51-47-41-22-20-18-16-14-12-10-8-6-4-2/h28,30,34,37,82-83,87-88H,3-27,29,31-33,35-36,38-81H2,1-2H3,(H,86,89)/b30-28-,37-34-. The second-order valence-corrected chi connectivity index (χ2v) is 29.2. The van der Waals surface area contributed by atoms with Crippen LogP contribution < -0.4 is 5.32 Å². The molecular formula is C85H165NO5. The van der Waals surface area contributed by atoms with Crippen LogP contribution >= 0.6 is 0 Å². The molecule has 6 heteroatoms. The Labute approximate surface area is 571 Å². The maximum absolute atomic E-state index is 12.6. The molecule has 0 radical (unpaired) electrons. The Morgan fingerprint density at radius 1 is 0.308 bits per heavy atom. The van der Waals surface area contributed by atoms with Crippen LogP contribution in [0.3, 0.4) is 0 Å². The molecular weight excluding hydrogens is 1110 g/mol. The Balaban J connectivity index is 3.37. The zero-order valence-corrected chi connectivity index (χ0v) is 62.1. The third kappa shape index (κ3) is 77.2. The molecule has 0 spiro atoms. The summed E-state index contributed by atoms with van der Waals surface area (Å²) < 4.78 is 5.52. The number of carbonyl (C=O) groups is 2. The zero-order chi connectivity index (χ0) is 65.6. The summed E-state index contributed by atoms with van der Waals surface area (Å²) in [5.74, 6) is -0.00902. The molecule has 91 heavy (non-hydrogen) atoms. The molecule has 0 rings (SSSR count). The number of aliphatic hydroxyl groups excluding tert-OH is 2. The third-order valence-electron chi connectivity index (χ3n) is 20.0. The topological polar surface area (TPSA) is 95.9 Å². The predicted octanol–water partition coefficient (Wildman–Crippen LogP) is 28.0. The maximum Gasteiger partial charge on any atom is 0.305 e. The van der Waals surface area contributed by atoms with Crippen LogP contribution in [0.15, 0.2) is 24.3 Å². The second kappa shape index (κ2) is 80.8. The van der Waals surface area contributed by atoms with Gasteiger partial charge in [0.1, 0.15) is 0 Å². The smallest absolute Gasteiger partial charge is 0.305 e. The number of allylic oxidation sites excluding steroid dienone is 4. The summed E-state index contributed by atoms with van der Waals surface area (Å²) >= 11 is 0. The molecule has 0 aliphatic carbocycles. The highest BCUT2D eigenvalue weighted by atomic mass is 16.5. The van der Waals surface area contributed by atoms with Crippen molar-refractivity contribution in [2.75, 3.05) is 13.2 Å². The van der Waals surface area contributed by atoms with Gasteiger partial charge < -0.3 is 20.3 Å². The molecule has 0 aliphatic heterocycles. The zero-order valence-electron chi connectivity index (χ0n) is 62.1. The summed E-state index contributed by atoms with van der Waals surface area (Å²) in [5, 5.41) is 23.5. The first-order chi connectivity index (χ1) is 45.0. The number of nitrogens with one attached hydrogen (secondary N) is 1. The van der Waals surface area contributed by atoms with Crippen molar-refractivity contribution >= 4 is 11.9 Å². The summed E-state index contributed by atoms with van der Waals surface area (Å²) in [6.07, 6.45) is 104. The van der Waals surface area contributed by atoms with Gasteiger partial charge in [-0.3, -0.25) is 9.59 Å². The number of hydrogen-bond donors (Lipinski definition) is 3. The molecule has 1 amide bonds. The number of carbonyl (C=O) groups excluding carboxylic acids is 2. The van der Waals surface area contributed by atoms with E-state index in [1.54, 1.807) is 0 Å². The van der Waals surface area contributed by atoms with Crippen molar-refractivity contribution in [3.63, 3.8) is 0 Å². The number of aliphatic hydroxyl groups is 2. The van der Waals surface area contributed by atoms with E-state index in [0.717, 1.165) is 44.9 Å². The lowest BCUT2D eigenvalue weighted by Gasteiger charge is -2.22. The van der Waals surface area contributed by atoms with Gasteiger partial charge in [-0.2, -0.15) is 0 Å². The lowest BCUT2D eigenvalue weighted by Crippen LogP contribution is -2.45. The molecule has 6 nitrogen and oxygen atoms in total. The van der Waals surface area contributed by atoms with Gasteiger partial charge in [0.05, 0.1) is 25.4 Å². The van der Waals surface area contributed by atoms with E-state index in [1.165, 1.54) is 405 Å². The van der Waals surface area contributed by atoms with Crippen LogP contribution in [-0.4, -0.2) is 47.4 Å². The number of hydrogen-bond acceptors (Lipinski definition) is 5. The Morgan fingerprint density at radius 2 is 0.549 bits per heavy atom. The van der Waals surface area contributed by atoms with Gasteiger partial charge in [-0.25, -0.2) is 0 Å². The second-order valence-electron chi connectivity index (χ2n) is 29.2. The molecule has 0 aromatic rings. The Kier molecular flexibility index (Phi) is 79.3. The summed E-state index contributed by atoms with van der Waals surface area (Å²) in [4.78, 5) is 24.7. The fourth-order valence-corrected chi connectivity index (χ4v) is 13.6. The van der Waals surface area contributed by atoms with Crippen molar-refractivity contribution < 1.29 is 24.5 Å². The van der Waals surface area contributed by atoms with E-state index in [4.69, 9.17) is 4.74 Å². The van der Waals surface area contributed by atoms with E-state index in [1.807, 2.05) is 0 Å². The highest BCUT2D eigenvalue weighted by Crippen LogP contribution is 2.21. The summed E-state index contributed by atoms with van der Waals surface area (Å²) in [7, 11) is 0. The fourth-order valence-electron chi connectivity index (χ4n) is 13.6. The minimum absolute atomic E-state index is 0.0193. The molecule has 540 valence electrons. The highest BCUT2D eigenvalue weighted by Gasteiger charge is 2.20. The number of rotatable bonds is 80. The van der Waals surface area contributed by atoms with E-state index in [9.17, 15) is 19.8 Å². The molecule has 2 atom stereocenters. The molecule has 0 aromatic carbocycles. The van der Waals surface area contributed by atoms with Crippen LogP contribution in [-0.2, 0) is 14.3 Å². The van der Waals surface area contributed by atoms with Crippen LogP contribution in [0.25, 0.3) is 0 Å². The first-order valence-corrected chi connectivity index (χ1v) is 42.1. The van der Waals surface area contributed by atoms with Gasteiger partial charge in [-0.05, 0) is 57.8 Å². The van der Waals surface area contributed by atoms with Gasteiger partial charge in [0, 0.05) is 12.8 Å². The van der Waals surface area contributed by atoms with Gasteiger partial charge in [-0.1, -0.05) is 436 Å². The van der Waals surface area contributed by atoms with Crippen LogP contribution in [0.2, 0.25) is 0 Å². The van der Waals surface area contributed by atoms with Gasteiger partial charge in [0.15, 0.2) is 0 Å². The Hall–Kier alpha value is -1.66. The van der Waals surface area contributed by atoms with Crippen LogP contribution in [0.5, 0.6) is 0 Å².